The summed E-state index contributed by atoms with van der Waals surface area (Å²) in [5, 5.41) is 5.36. The molecule has 0 aliphatic rings. The lowest BCUT2D eigenvalue weighted by Crippen LogP contribution is -1.82. The van der Waals surface area contributed by atoms with Crippen molar-refractivity contribution in [2.75, 3.05) is 0 Å². The van der Waals surface area contributed by atoms with E-state index in [1.165, 1.54) is 43.2 Å². The van der Waals surface area contributed by atoms with Crippen LogP contribution in [0.5, 0.6) is 0 Å². The third-order valence-corrected chi connectivity index (χ3v) is 12.0. The Morgan fingerprint density at radius 1 is 0.357 bits per heavy atom. The van der Waals surface area contributed by atoms with E-state index in [9.17, 15) is 0 Å². The van der Waals surface area contributed by atoms with Gasteiger partial charge in [-0.3, -0.25) is 0 Å². The normalized spacial score (nSPS) is 11.6. The Kier molecular flexibility index (Phi) is 11.5. The molecule has 0 N–H and O–H groups in total. The molecule has 0 aliphatic heterocycles. The van der Waals surface area contributed by atoms with Gasteiger partial charge in [-0.1, -0.05) is 138 Å². The number of hydrogen-bond acceptors (Lipinski definition) is 4. The second kappa shape index (κ2) is 12.1. The smallest absolute Gasteiger partial charge is 0.0809 e. The molecule has 0 amide bonds. The molecule has 2 rings (SSSR count). The molecule has 28 heavy (non-hydrogen) atoms. The van der Waals surface area contributed by atoms with Gasteiger partial charge in [-0.15, -0.1) is 0 Å². The van der Waals surface area contributed by atoms with Crippen molar-refractivity contribution >= 4 is 159 Å². The zero-order valence-corrected chi connectivity index (χ0v) is 23.4. The highest BCUT2D eigenvalue weighted by atomic mass is 35.5. The molecule has 14 heteroatoms. The summed E-state index contributed by atoms with van der Waals surface area (Å²) in [6.45, 7) is 0. The molecule has 0 fully saturated rings. The van der Waals surface area contributed by atoms with Crippen molar-refractivity contribution in [1.82, 2.24) is 0 Å². The highest BCUT2D eigenvalue weighted by Gasteiger charge is 2.20. The maximum atomic E-state index is 6.18. The molecule has 2 aromatic carbocycles. The van der Waals surface area contributed by atoms with E-state index in [0.717, 1.165) is 0 Å². The molecule has 152 valence electrons. The number of rotatable bonds is 6. The lowest BCUT2D eigenvalue weighted by atomic mass is 10.3. The van der Waals surface area contributed by atoms with E-state index in [1.807, 2.05) is 0 Å². The molecule has 0 saturated carbocycles. The van der Waals surface area contributed by atoms with Gasteiger partial charge in [0.1, 0.15) is 0 Å². The maximum Gasteiger partial charge on any atom is 0.0809 e. The van der Waals surface area contributed by atoms with Gasteiger partial charge in [0.25, 0.3) is 0 Å². The molecule has 0 bridgehead atoms. The van der Waals surface area contributed by atoms with E-state index < -0.39 is 0 Å². The largest absolute Gasteiger partial charge is 0.0813 e. The Hall–Kier alpha value is 2.48. The topological polar surface area (TPSA) is 0 Å². The quantitative estimate of drug-likeness (QED) is 0.173. The lowest BCUT2D eigenvalue weighted by Gasteiger charge is -2.11. The minimum absolute atomic E-state index is 0.115. The third-order valence-electron chi connectivity index (χ3n) is 2.77. The summed E-state index contributed by atoms with van der Waals surface area (Å²) in [6, 6.07) is 0. The molecule has 0 aromatic heterocycles. The predicted molar refractivity (Wildman–Crippen MR) is 139 cm³/mol. The second-order valence-electron chi connectivity index (χ2n) is 4.43. The van der Waals surface area contributed by atoms with Crippen LogP contribution in [0, 0.1) is 0 Å². The van der Waals surface area contributed by atoms with Gasteiger partial charge in [0.15, 0.2) is 0 Å². The fraction of sp³-hybridized carbons (Fsp3) is 0. The molecule has 0 radical (unpaired) electrons. The van der Waals surface area contributed by atoms with Crippen molar-refractivity contribution in [3.8, 4) is 0 Å². The predicted octanol–water partition coefficient (Wildman–Crippen LogP) is 12.9. The zero-order valence-electron chi connectivity index (χ0n) is 12.6. The van der Waals surface area contributed by atoms with Gasteiger partial charge in [-0.05, 0) is 32.4 Å². The van der Waals surface area contributed by atoms with Gasteiger partial charge < -0.3 is 0 Å². The summed E-state index contributed by atoms with van der Waals surface area (Å²) in [4.78, 5) is 1.02. The Morgan fingerprint density at radius 3 is 0.821 bits per heavy atom. The van der Waals surface area contributed by atoms with Gasteiger partial charge in [-0.2, -0.15) is 0 Å². The van der Waals surface area contributed by atoms with Crippen molar-refractivity contribution in [2.24, 2.45) is 0 Å². The summed E-state index contributed by atoms with van der Waals surface area (Å²) in [6.07, 6.45) is 0. The van der Waals surface area contributed by atoms with Crippen LogP contribution in [0.3, 0.4) is 0 Å². The summed E-state index contributed by atoms with van der Waals surface area (Å²) < 4.78 is 0. The van der Waals surface area contributed by atoms with E-state index in [2.05, 4.69) is 0 Å². The molecular formula is C14H2Cl10S4. The summed E-state index contributed by atoms with van der Waals surface area (Å²) in [7, 11) is 5.24. The molecule has 0 saturated heterocycles. The minimum atomic E-state index is 0.115. The molecule has 2 aromatic rings. The van der Waals surface area contributed by atoms with Gasteiger partial charge >= 0.3 is 0 Å². The van der Waals surface area contributed by atoms with Crippen LogP contribution >= 0.6 is 159 Å². The molecule has 0 nitrogen and oxygen atoms in total. The van der Waals surface area contributed by atoms with Crippen LogP contribution in [0.2, 0.25) is 50.2 Å². The van der Waals surface area contributed by atoms with Crippen LogP contribution in [0.4, 0.5) is 0 Å². The van der Waals surface area contributed by atoms with E-state index in [4.69, 9.17) is 116 Å². The van der Waals surface area contributed by atoms with Crippen LogP contribution in [0.1, 0.15) is 0 Å². The monoisotopic (exact) mass is 648 g/mol. The average molecular weight is 653 g/mol. The Bertz CT molecular complexity index is 813. The fourth-order valence-corrected chi connectivity index (χ4v) is 9.12. The first-order valence-corrected chi connectivity index (χ1v) is 14.6. The van der Waals surface area contributed by atoms with Gasteiger partial charge in [0.2, 0.25) is 0 Å². The van der Waals surface area contributed by atoms with Crippen LogP contribution in [-0.4, -0.2) is 0 Å². The third kappa shape index (κ3) is 6.08. The van der Waals surface area contributed by atoms with E-state index in [-0.39, 0.29) is 50.2 Å². The van der Waals surface area contributed by atoms with E-state index in [1.54, 1.807) is 10.8 Å². The van der Waals surface area contributed by atoms with Crippen LogP contribution in [-0.2, 0) is 0 Å². The average Bonchev–Trinajstić information content (AvgIpc) is 2.68. The van der Waals surface area contributed by atoms with E-state index in [0.29, 0.717) is 9.79 Å². The molecule has 0 heterocycles. The standard InChI is InChI=1S/C14H2Cl10S4/c15-3-5(17)9(21)13(10(22)6(3)18)27-25-1-2-26-28-14-11(23)7(19)4(16)8(20)12(14)24/h1-2H. The summed E-state index contributed by atoms with van der Waals surface area (Å²) in [5.74, 6) is 0. The van der Waals surface area contributed by atoms with Crippen molar-refractivity contribution in [1.29, 1.82) is 0 Å². The highest BCUT2D eigenvalue weighted by Crippen LogP contribution is 2.52. The van der Waals surface area contributed by atoms with Crippen molar-refractivity contribution < 1.29 is 0 Å². The fourth-order valence-electron chi connectivity index (χ4n) is 1.51. The number of halogens is 10. The van der Waals surface area contributed by atoms with Crippen LogP contribution < -0.4 is 0 Å². The Labute approximate surface area is 227 Å². The van der Waals surface area contributed by atoms with Crippen molar-refractivity contribution in [3.05, 3.63) is 61.0 Å². The van der Waals surface area contributed by atoms with Crippen molar-refractivity contribution in [2.45, 2.75) is 9.79 Å². The molecule has 0 atom stereocenters. The van der Waals surface area contributed by atoms with Gasteiger partial charge in [0, 0.05) is 0 Å². The first-order valence-electron chi connectivity index (χ1n) is 6.44. The Balaban J connectivity index is 2.02. The zero-order chi connectivity index (χ0) is 21.2. The minimum Gasteiger partial charge on any atom is -0.0813 e. The SMILES string of the molecule is Clc1c(Cl)c(Cl)c(SSC=CSSc2c(Cl)c(Cl)c(Cl)c(Cl)c2Cl)c(Cl)c1Cl. The van der Waals surface area contributed by atoms with Gasteiger partial charge in [-0.25, -0.2) is 0 Å². The molecular weight excluding hydrogens is 651 g/mol. The van der Waals surface area contributed by atoms with Gasteiger partial charge in [0.05, 0.1) is 60.0 Å². The Morgan fingerprint density at radius 2 is 0.571 bits per heavy atom. The molecule has 0 aliphatic carbocycles. The molecule has 0 unspecified atom stereocenters. The molecule has 0 spiro atoms. The lowest BCUT2D eigenvalue weighted by molar-refractivity contribution is 1.47. The maximum absolute atomic E-state index is 6.18. The van der Waals surface area contributed by atoms with Crippen LogP contribution in [0.25, 0.3) is 0 Å². The highest BCUT2D eigenvalue weighted by molar-refractivity contribution is 8.79. The van der Waals surface area contributed by atoms with Crippen LogP contribution in [0.15, 0.2) is 20.6 Å². The number of hydrogen-bond donors (Lipinski definition) is 0. The van der Waals surface area contributed by atoms with Crippen molar-refractivity contribution in [3.63, 3.8) is 0 Å². The van der Waals surface area contributed by atoms with E-state index >= 15 is 0 Å². The second-order valence-corrected chi connectivity index (χ2v) is 12.4. The first-order chi connectivity index (χ1) is 13.1. The first kappa shape index (κ1) is 26.7. The summed E-state index contributed by atoms with van der Waals surface area (Å²) >= 11 is 60.8. The number of benzene rings is 2. The summed E-state index contributed by atoms with van der Waals surface area (Å²) in [5.41, 5.74) is 0.